The zero-order valence-electron chi connectivity index (χ0n) is 7.80. The fourth-order valence-electron chi connectivity index (χ4n) is 0.774. The van der Waals surface area contributed by atoms with Gasteiger partial charge in [-0.2, -0.15) is 0 Å². The van der Waals surface area contributed by atoms with Crippen LogP contribution >= 0.6 is 12.2 Å². The topological polar surface area (TPSA) is 54.4 Å². The number of pyridine rings is 1. The van der Waals surface area contributed by atoms with Gasteiger partial charge in [0.2, 0.25) is 0 Å². The maximum absolute atomic E-state index is 8.94. The Morgan fingerprint density at radius 2 is 2.50 bits per heavy atom. The number of nitrogens with one attached hydrogen (secondary N) is 1. The highest BCUT2D eigenvalue weighted by Crippen LogP contribution is 2.00. The van der Waals surface area contributed by atoms with E-state index in [-0.39, 0.29) is 11.8 Å². The largest absolute Gasteiger partial charge is 0.468 e. The average Bonchev–Trinajstić information content (AvgIpc) is 2.16. The van der Waals surface area contributed by atoms with E-state index in [1.807, 2.05) is 12.1 Å². The van der Waals surface area contributed by atoms with Crippen molar-refractivity contribution in [3.63, 3.8) is 0 Å². The number of anilines is 1. The van der Waals surface area contributed by atoms with E-state index in [9.17, 15) is 0 Å². The molecule has 0 amide bonds. The van der Waals surface area contributed by atoms with Crippen molar-refractivity contribution in [2.45, 2.75) is 13.0 Å². The summed E-state index contributed by atoms with van der Waals surface area (Å²) in [5.74, 6) is 0.628. The maximum Gasteiger partial charge on any atom is 0.262 e. The molecule has 0 fully saturated rings. The van der Waals surface area contributed by atoms with Gasteiger partial charge in [-0.3, -0.25) is 0 Å². The summed E-state index contributed by atoms with van der Waals surface area (Å²) in [7, 11) is 0. The van der Waals surface area contributed by atoms with Crippen LogP contribution in [0.4, 0.5) is 5.82 Å². The van der Waals surface area contributed by atoms with Gasteiger partial charge in [0, 0.05) is 6.20 Å². The Balaban J connectivity index is 2.35. The van der Waals surface area contributed by atoms with Crippen LogP contribution in [0.15, 0.2) is 24.4 Å². The van der Waals surface area contributed by atoms with Crippen molar-refractivity contribution in [1.29, 1.82) is 0 Å². The molecule has 1 heterocycles. The highest BCUT2D eigenvalue weighted by atomic mass is 32.1. The maximum atomic E-state index is 8.94. The van der Waals surface area contributed by atoms with Gasteiger partial charge < -0.3 is 15.2 Å². The normalized spacial score (nSPS) is 11.9. The number of thiocarbonyl (C=S) groups is 1. The number of ether oxygens (including phenoxy) is 1. The monoisotopic (exact) mass is 212 g/mol. The van der Waals surface area contributed by atoms with Crippen LogP contribution in [0, 0.1) is 0 Å². The van der Waals surface area contributed by atoms with Crippen molar-refractivity contribution in [3.8, 4) is 0 Å². The molecule has 0 aliphatic heterocycles. The van der Waals surface area contributed by atoms with Gasteiger partial charge >= 0.3 is 0 Å². The first-order valence-corrected chi connectivity index (χ1v) is 4.62. The van der Waals surface area contributed by atoms with Gasteiger partial charge in [0.15, 0.2) is 0 Å². The summed E-state index contributed by atoms with van der Waals surface area (Å²) >= 11 is 4.87. The molecule has 1 atom stereocenters. The van der Waals surface area contributed by atoms with Crippen molar-refractivity contribution in [3.05, 3.63) is 24.4 Å². The number of hydrogen-bond acceptors (Lipinski definition) is 4. The minimum absolute atomic E-state index is 0.179. The van der Waals surface area contributed by atoms with Crippen LogP contribution < -0.4 is 5.32 Å². The van der Waals surface area contributed by atoms with Gasteiger partial charge in [-0.15, -0.1) is 0 Å². The molecule has 1 rings (SSSR count). The molecule has 1 aromatic rings. The first-order chi connectivity index (χ1) is 6.68. The molecular weight excluding hydrogens is 200 g/mol. The van der Waals surface area contributed by atoms with Crippen molar-refractivity contribution < 1.29 is 9.84 Å². The quantitative estimate of drug-likeness (QED) is 0.737. The summed E-state index contributed by atoms with van der Waals surface area (Å²) < 4.78 is 5.04. The summed E-state index contributed by atoms with van der Waals surface area (Å²) in [6.45, 7) is 1.81. The lowest BCUT2D eigenvalue weighted by Crippen LogP contribution is -2.19. The molecule has 1 unspecified atom stereocenters. The highest BCUT2D eigenvalue weighted by molar-refractivity contribution is 7.80. The second-order valence-electron chi connectivity index (χ2n) is 2.79. The number of rotatable bonds is 3. The van der Waals surface area contributed by atoms with Crippen molar-refractivity contribution in [1.82, 2.24) is 4.98 Å². The van der Waals surface area contributed by atoms with E-state index >= 15 is 0 Å². The van der Waals surface area contributed by atoms with Crippen molar-refractivity contribution >= 4 is 23.2 Å². The molecule has 0 bridgehead atoms. The van der Waals surface area contributed by atoms with Gasteiger partial charge in [-0.1, -0.05) is 6.07 Å². The molecule has 1 aromatic heterocycles. The third kappa shape index (κ3) is 4.15. The molecule has 2 N–H and O–H groups in total. The van der Waals surface area contributed by atoms with Gasteiger partial charge in [0.25, 0.3) is 5.17 Å². The molecule has 0 aliphatic rings. The van der Waals surface area contributed by atoms with E-state index in [1.165, 1.54) is 0 Å². The lowest BCUT2D eigenvalue weighted by atomic mass is 10.4. The fraction of sp³-hybridized carbons (Fsp3) is 0.333. The predicted octanol–water partition coefficient (Wildman–Crippen LogP) is 1.18. The van der Waals surface area contributed by atoms with Gasteiger partial charge in [-0.05, 0) is 31.3 Å². The molecule has 76 valence electrons. The minimum Gasteiger partial charge on any atom is -0.468 e. The number of nitrogens with zero attached hydrogens (tertiary/aromatic N) is 1. The molecule has 0 aliphatic carbocycles. The first kappa shape index (κ1) is 10.9. The van der Waals surface area contributed by atoms with E-state index in [4.69, 9.17) is 22.1 Å². The summed E-state index contributed by atoms with van der Waals surface area (Å²) in [6.07, 6.45) is 1.12. The zero-order valence-corrected chi connectivity index (χ0v) is 8.62. The van der Waals surface area contributed by atoms with Crippen LogP contribution in [0.2, 0.25) is 0 Å². The Hall–Kier alpha value is -1.20. The van der Waals surface area contributed by atoms with Gasteiger partial charge in [0.05, 0.1) is 6.10 Å². The Morgan fingerprint density at radius 1 is 1.71 bits per heavy atom. The minimum atomic E-state index is -0.529. The van der Waals surface area contributed by atoms with Crippen LogP contribution in [-0.2, 0) is 4.74 Å². The lowest BCUT2D eigenvalue weighted by Gasteiger charge is -2.09. The lowest BCUT2D eigenvalue weighted by molar-refractivity contribution is 0.119. The standard InChI is InChI=1S/C9H12N2O2S/c1-7(12)6-13-9(14)11-8-4-2-3-5-10-8/h2-5,7,12H,6H2,1H3,(H,10,11,14). The van der Waals surface area contributed by atoms with Crippen molar-refractivity contribution in [2.24, 2.45) is 0 Å². The number of hydrogen-bond donors (Lipinski definition) is 2. The molecule has 0 spiro atoms. The van der Waals surface area contributed by atoms with Crippen LogP contribution in [-0.4, -0.2) is 28.0 Å². The number of aliphatic hydroxyl groups is 1. The van der Waals surface area contributed by atoms with E-state index in [1.54, 1.807) is 19.2 Å². The predicted molar refractivity (Wildman–Crippen MR) is 58.1 cm³/mol. The Bertz CT molecular complexity index is 290. The van der Waals surface area contributed by atoms with Crippen LogP contribution in [0.25, 0.3) is 0 Å². The van der Waals surface area contributed by atoms with E-state index in [0.29, 0.717) is 5.82 Å². The molecule has 5 heteroatoms. The molecule has 4 nitrogen and oxygen atoms in total. The van der Waals surface area contributed by atoms with Crippen LogP contribution in [0.1, 0.15) is 6.92 Å². The molecule has 14 heavy (non-hydrogen) atoms. The molecular formula is C9H12N2O2S. The Labute approximate surface area is 87.9 Å². The third-order valence-electron chi connectivity index (χ3n) is 1.35. The summed E-state index contributed by atoms with van der Waals surface area (Å²) in [5, 5.41) is 11.9. The summed E-state index contributed by atoms with van der Waals surface area (Å²) in [5.41, 5.74) is 0. The van der Waals surface area contributed by atoms with E-state index in [2.05, 4.69) is 10.3 Å². The average molecular weight is 212 g/mol. The third-order valence-corrected chi connectivity index (χ3v) is 1.57. The fourth-order valence-corrected chi connectivity index (χ4v) is 0.946. The SMILES string of the molecule is CC(O)COC(=S)Nc1ccccn1. The van der Waals surface area contributed by atoms with Gasteiger partial charge in [-0.25, -0.2) is 4.98 Å². The van der Waals surface area contributed by atoms with Crippen molar-refractivity contribution in [2.75, 3.05) is 11.9 Å². The highest BCUT2D eigenvalue weighted by Gasteiger charge is 2.01. The smallest absolute Gasteiger partial charge is 0.262 e. The van der Waals surface area contributed by atoms with Gasteiger partial charge in [0.1, 0.15) is 12.4 Å². The number of aromatic nitrogens is 1. The molecule has 0 saturated heterocycles. The second-order valence-corrected chi connectivity index (χ2v) is 3.16. The second kappa shape index (κ2) is 5.51. The summed E-state index contributed by atoms with van der Waals surface area (Å²) in [6, 6.07) is 5.43. The first-order valence-electron chi connectivity index (χ1n) is 4.21. The zero-order chi connectivity index (χ0) is 10.4. The molecule has 0 aromatic carbocycles. The Kier molecular flexibility index (Phi) is 4.28. The van der Waals surface area contributed by atoms with E-state index in [0.717, 1.165) is 0 Å². The number of aliphatic hydroxyl groups excluding tert-OH is 1. The molecule has 0 radical (unpaired) electrons. The van der Waals surface area contributed by atoms with Crippen LogP contribution in [0.5, 0.6) is 0 Å². The summed E-state index contributed by atoms with van der Waals surface area (Å²) in [4.78, 5) is 4.00. The Morgan fingerprint density at radius 3 is 3.07 bits per heavy atom. The van der Waals surface area contributed by atoms with E-state index < -0.39 is 6.10 Å². The molecule has 0 saturated carbocycles. The van der Waals surface area contributed by atoms with Crippen LogP contribution in [0.3, 0.4) is 0 Å².